The molecule has 3 heteroatoms. The molecule has 2 rings (SSSR count). The van der Waals surface area contributed by atoms with Crippen LogP contribution < -0.4 is 0 Å². The molecule has 88 valence electrons. The Labute approximate surface area is 97.4 Å². The monoisotopic (exact) mass is 229 g/mol. The Morgan fingerprint density at radius 3 is 2.60 bits per heavy atom. The second kappa shape index (κ2) is 5.55. The molecule has 0 atom stereocenters. The van der Waals surface area contributed by atoms with Gasteiger partial charge in [-0.15, -0.1) is 0 Å². The van der Waals surface area contributed by atoms with Gasteiger partial charge in [-0.2, -0.15) is 11.8 Å². The third-order valence-electron chi connectivity index (χ3n) is 3.62. The molecule has 1 aliphatic heterocycles. The third kappa shape index (κ3) is 3.65. The zero-order valence-corrected chi connectivity index (χ0v) is 10.4. The maximum Gasteiger partial charge on any atom is 0.0774 e. The van der Waals surface area contributed by atoms with Crippen molar-refractivity contribution < 1.29 is 5.11 Å². The minimum absolute atomic E-state index is 0.354. The van der Waals surface area contributed by atoms with Crippen LogP contribution >= 0.6 is 11.8 Å². The van der Waals surface area contributed by atoms with Crippen LogP contribution in [0.5, 0.6) is 0 Å². The summed E-state index contributed by atoms with van der Waals surface area (Å²) in [7, 11) is 0. The molecule has 0 spiro atoms. The Bertz CT molecular complexity index is 184. The molecule has 1 aliphatic carbocycles. The number of aliphatic hydroxyl groups is 1. The van der Waals surface area contributed by atoms with E-state index in [1.165, 1.54) is 50.3 Å². The molecule has 0 aromatic carbocycles. The van der Waals surface area contributed by atoms with Gasteiger partial charge in [-0.3, -0.25) is 4.90 Å². The van der Waals surface area contributed by atoms with E-state index in [0.29, 0.717) is 0 Å². The summed E-state index contributed by atoms with van der Waals surface area (Å²) in [5.74, 6) is 2.55. The number of thioether (sulfide) groups is 1. The van der Waals surface area contributed by atoms with E-state index in [1.807, 2.05) is 0 Å². The first-order valence-corrected chi connectivity index (χ1v) is 7.47. The molecular formula is C12H23NOS. The smallest absolute Gasteiger partial charge is 0.0774 e. The Morgan fingerprint density at radius 2 is 1.80 bits per heavy atom. The normalized spacial score (nSPS) is 28.6. The Balaban J connectivity index is 1.82. The molecule has 1 N–H and O–H groups in total. The lowest BCUT2D eigenvalue weighted by Gasteiger charge is -2.36. The molecule has 2 fully saturated rings. The van der Waals surface area contributed by atoms with Crippen LogP contribution in [0.15, 0.2) is 0 Å². The highest BCUT2D eigenvalue weighted by Crippen LogP contribution is 2.29. The fraction of sp³-hybridized carbons (Fsp3) is 1.00. The van der Waals surface area contributed by atoms with Crippen LogP contribution in [0, 0.1) is 0 Å². The number of hydrogen-bond donors (Lipinski definition) is 1. The minimum Gasteiger partial charge on any atom is -0.389 e. The standard InChI is InChI=1S/C12H23NOS/c14-12(5-2-1-3-6-12)11-13-7-4-9-15-10-8-13/h14H,1-11H2. The van der Waals surface area contributed by atoms with Gasteiger partial charge in [-0.25, -0.2) is 0 Å². The van der Waals surface area contributed by atoms with Crippen molar-refractivity contribution >= 4 is 11.8 Å². The van der Waals surface area contributed by atoms with Crippen molar-refractivity contribution in [3.8, 4) is 0 Å². The molecule has 0 unspecified atom stereocenters. The van der Waals surface area contributed by atoms with Crippen molar-refractivity contribution in [1.29, 1.82) is 0 Å². The quantitative estimate of drug-likeness (QED) is 0.784. The molecule has 0 aromatic rings. The van der Waals surface area contributed by atoms with E-state index in [4.69, 9.17) is 0 Å². The van der Waals surface area contributed by atoms with Crippen LogP contribution in [0.3, 0.4) is 0 Å². The topological polar surface area (TPSA) is 23.5 Å². The van der Waals surface area contributed by atoms with E-state index in [1.54, 1.807) is 0 Å². The predicted octanol–water partition coefficient (Wildman–Crippen LogP) is 2.12. The highest BCUT2D eigenvalue weighted by atomic mass is 32.2. The highest BCUT2D eigenvalue weighted by Gasteiger charge is 2.31. The summed E-state index contributed by atoms with van der Waals surface area (Å²) >= 11 is 2.06. The van der Waals surface area contributed by atoms with Gasteiger partial charge in [-0.05, 0) is 31.6 Å². The van der Waals surface area contributed by atoms with Gasteiger partial charge in [0.2, 0.25) is 0 Å². The first-order chi connectivity index (χ1) is 7.29. The Morgan fingerprint density at radius 1 is 1.00 bits per heavy atom. The van der Waals surface area contributed by atoms with Gasteiger partial charge in [0.1, 0.15) is 0 Å². The Kier molecular flexibility index (Phi) is 4.35. The SMILES string of the molecule is OC1(CN2CCCSCC2)CCCCC1. The summed E-state index contributed by atoms with van der Waals surface area (Å²) in [5.41, 5.74) is -0.354. The lowest BCUT2D eigenvalue weighted by Crippen LogP contribution is -2.45. The number of nitrogens with zero attached hydrogens (tertiary/aromatic N) is 1. The zero-order valence-electron chi connectivity index (χ0n) is 9.58. The van der Waals surface area contributed by atoms with Crippen molar-refractivity contribution in [1.82, 2.24) is 4.90 Å². The maximum absolute atomic E-state index is 10.5. The summed E-state index contributed by atoms with van der Waals surface area (Å²) in [6.07, 6.45) is 7.10. The van der Waals surface area contributed by atoms with Crippen molar-refractivity contribution in [2.75, 3.05) is 31.1 Å². The van der Waals surface area contributed by atoms with E-state index in [2.05, 4.69) is 16.7 Å². The molecule has 2 nitrogen and oxygen atoms in total. The molecule has 0 aromatic heterocycles. The first kappa shape index (κ1) is 11.7. The van der Waals surface area contributed by atoms with Crippen molar-refractivity contribution in [3.63, 3.8) is 0 Å². The molecule has 1 saturated carbocycles. The van der Waals surface area contributed by atoms with Gasteiger partial charge in [0.25, 0.3) is 0 Å². The Hall–Kier alpha value is 0.270. The van der Waals surface area contributed by atoms with Gasteiger partial charge in [-0.1, -0.05) is 19.3 Å². The van der Waals surface area contributed by atoms with E-state index in [-0.39, 0.29) is 5.60 Å². The molecular weight excluding hydrogens is 206 g/mol. The summed E-state index contributed by atoms with van der Waals surface area (Å²) in [4.78, 5) is 2.48. The zero-order chi connectivity index (χ0) is 10.6. The largest absolute Gasteiger partial charge is 0.389 e. The van der Waals surface area contributed by atoms with Gasteiger partial charge >= 0.3 is 0 Å². The second-order valence-corrected chi connectivity index (χ2v) is 6.25. The molecule has 15 heavy (non-hydrogen) atoms. The third-order valence-corrected chi connectivity index (χ3v) is 4.67. The minimum atomic E-state index is -0.354. The summed E-state index contributed by atoms with van der Waals surface area (Å²) in [5, 5.41) is 10.5. The second-order valence-electron chi connectivity index (χ2n) is 5.03. The fourth-order valence-electron chi connectivity index (χ4n) is 2.74. The maximum atomic E-state index is 10.5. The molecule has 1 saturated heterocycles. The molecule has 1 heterocycles. The van der Waals surface area contributed by atoms with Gasteiger partial charge in [0.15, 0.2) is 0 Å². The van der Waals surface area contributed by atoms with E-state index < -0.39 is 0 Å². The van der Waals surface area contributed by atoms with Crippen molar-refractivity contribution in [2.45, 2.75) is 44.1 Å². The van der Waals surface area contributed by atoms with Crippen LogP contribution in [0.1, 0.15) is 38.5 Å². The van der Waals surface area contributed by atoms with Crippen molar-refractivity contribution in [2.24, 2.45) is 0 Å². The van der Waals surface area contributed by atoms with Crippen LogP contribution in [0.4, 0.5) is 0 Å². The average Bonchev–Trinajstić information content (AvgIpc) is 2.47. The number of hydrogen-bond acceptors (Lipinski definition) is 3. The number of β-amino-alcohol motifs (C(OH)–C–C–N with tert-alkyl or cyclic N) is 1. The lowest BCUT2D eigenvalue weighted by atomic mass is 9.84. The van der Waals surface area contributed by atoms with Gasteiger partial charge in [0.05, 0.1) is 5.60 Å². The molecule has 0 amide bonds. The van der Waals surface area contributed by atoms with E-state index in [9.17, 15) is 5.11 Å². The van der Waals surface area contributed by atoms with Gasteiger partial charge < -0.3 is 5.11 Å². The lowest BCUT2D eigenvalue weighted by molar-refractivity contribution is -0.0246. The van der Waals surface area contributed by atoms with Crippen molar-refractivity contribution in [3.05, 3.63) is 0 Å². The summed E-state index contributed by atoms with van der Waals surface area (Å²) in [6.45, 7) is 3.29. The van der Waals surface area contributed by atoms with Gasteiger partial charge in [0, 0.05) is 18.8 Å². The average molecular weight is 229 g/mol. The van der Waals surface area contributed by atoms with Crippen LogP contribution in [-0.4, -0.2) is 46.7 Å². The predicted molar refractivity (Wildman–Crippen MR) is 66.4 cm³/mol. The highest BCUT2D eigenvalue weighted by molar-refractivity contribution is 7.99. The first-order valence-electron chi connectivity index (χ1n) is 6.31. The van der Waals surface area contributed by atoms with Crippen LogP contribution in [-0.2, 0) is 0 Å². The van der Waals surface area contributed by atoms with E-state index in [0.717, 1.165) is 19.4 Å². The number of rotatable bonds is 2. The molecule has 2 aliphatic rings. The molecule has 0 bridgehead atoms. The van der Waals surface area contributed by atoms with Crippen LogP contribution in [0.25, 0.3) is 0 Å². The summed E-state index contributed by atoms with van der Waals surface area (Å²) in [6, 6.07) is 0. The summed E-state index contributed by atoms with van der Waals surface area (Å²) < 4.78 is 0. The van der Waals surface area contributed by atoms with Crippen LogP contribution in [0.2, 0.25) is 0 Å². The molecule has 0 radical (unpaired) electrons. The fourth-order valence-corrected chi connectivity index (χ4v) is 3.66. The van der Waals surface area contributed by atoms with E-state index >= 15 is 0 Å².